The fourth-order valence-electron chi connectivity index (χ4n) is 2.56. The molecule has 1 aliphatic rings. The van der Waals surface area contributed by atoms with Gasteiger partial charge in [-0.05, 0) is 44.0 Å². The van der Waals surface area contributed by atoms with E-state index < -0.39 is 0 Å². The second kappa shape index (κ2) is 7.92. The maximum absolute atomic E-state index is 12.8. The van der Waals surface area contributed by atoms with Crippen LogP contribution in [-0.2, 0) is 4.79 Å². The first-order chi connectivity index (χ1) is 10.9. The first-order valence-corrected chi connectivity index (χ1v) is 7.80. The first-order valence-electron chi connectivity index (χ1n) is 7.80. The van der Waals surface area contributed by atoms with Gasteiger partial charge < -0.3 is 21.3 Å². The van der Waals surface area contributed by atoms with Gasteiger partial charge in [0.25, 0.3) is 0 Å². The number of hydrogen-bond acceptors (Lipinski definition) is 3. The Hall–Kier alpha value is -2.15. The molecule has 0 bridgehead atoms. The van der Waals surface area contributed by atoms with Gasteiger partial charge in [0.2, 0.25) is 5.91 Å². The molecule has 0 spiro atoms. The number of likely N-dealkylation sites (tertiary alicyclic amines) is 1. The zero-order valence-corrected chi connectivity index (χ0v) is 13.2. The molecule has 23 heavy (non-hydrogen) atoms. The number of carbonyl (C=O) groups excluding carboxylic acids is 2. The van der Waals surface area contributed by atoms with Gasteiger partial charge in [-0.3, -0.25) is 4.79 Å². The fraction of sp³-hybridized carbons (Fsp3) is 0.500. The Bertz CT molecular complexity index is 540. The average Bonchev–Trinajstić information content (AvgIpc) is 2.49. The highest BCUT2D eigenvalue weighted by molar-refractivity contribution is 5.89. The smallest absolute Gasteiger partial charge is 0.319 e. The molecule has 1 saturated heterocycles. The second-order valence-corrected chi connectivity index (χ2v) is 5.94. The summed E-state index contributed by atoms with van der Waals surface area (Å²) in [5.74, 6) is -0.283. The fourth-order valence-corrected chi connectivity index (χ4v) is 2.56. The van der Waals surface area contributed by atoms with E-state index in [2.05, 4.69) is 10.6 Å². The molecule has 0 aliphatic carbocycles. The minimum Gasteiger partial charge on any atom is -0.342 e. The number of anilines is 1. The number of urea groups is 1. The summed E-state index contributed by atoms with van der Waals surface area (Å²) in [4.78, 5) is 25.6. The van der Waals surface area contributed by atoms with E-state index in [-0.39, 0.29) is 29.8 Å². The number of nitrogens with two attached hydrogens (primary N) is 1. The molecule has 0 aromatic heterocycles. The Morgan fingerprint density at radius 1 is 1.30 bits per heavy atom. The topological polar surface area (TPSA) is 87.5 Å². The van der Waals surface area contributed by atoms with Gasteiger partial charge in [0, 0.05) is 37.3 Å². The highest BCUT2D eigenvalue weighted by atomic mass is 19.1. The molecule has 1 fully saturated rings. The molecule has 1 aromatic carbocycles. The third-order valence-electron chi connectivity index (χ3n) is 3.78. The van der Waals surface area contributed by atoms with Crippen molar-refractivity contribution in [3.8, 4) is 0 Å². The molecule has 3 amide bonds. The normalized spacial score (nSPS) is 16.7. The molecule has 1 heterocycles. The largest absolute Gasteiger partial charge is 0.342 e. The number of amides is 3. The lowest BCUT2D eigenvalue weighted by Gasteiger charge is -2.32. The Morgan fingerprint density at radius 3 is 2.48 bits per heavy atom. The highest BCUT2D eigenvalue weighted by Gasteiger charge is 2.24. The number of benzene rings is 1. The van der Waals surface area contributed by atoms with Crippen molar-refractivity contribution in [1.29, 1.82) is 0 Å². The summed E-state index contributed by atoms with van der Waals surface area (Å²) < 4.78 is 12.8. The van der Waals surface area contributed by atoms with E-state index in [0.29, 0.717) is 38.0 Å². The maximum Gasteiger partial charge on any atom is 0.319 e. The molecule has 0 radical (unpaired) electrons. The molecule has 126 valence electrons. The monoisotopic (exact) mass is 322 g/mol. The number of piperidine rings is 1. The van der Waals surface area contributed by atoms with E-state index in [1.165, 1.54) is 24.3 Å². The summed E-state index contributed by atoms with van der Waals surface area (Å²) in [6, 6.07) is 5.15. The van der Waals surface area contributed by atoms with Gasteiger partial charge in [-0.15, -0.1) is 0 Å². The van der Waals surface area contributed by atoms with Crippen LogP contribution in [0.3, 0.4) is 0 Å². The highest BCUT2D eigenvalue weighted by Crippen LogP contribution is 2.13. The van der Waals surface area contributed by atoms with Crippen molar-refractivity contribution in [2.24, 2.45) is 5.73 Å². The van der Waals surface area contributed by atoms with Crippen LogP contribution in [-0.4, -0.2) is 42.0 Å². The van der Waals surface area contributed by atoms with Crippen molar-refractivity contribution < 1.29 is 14.0 Å². The molecule has 7 heteroatoms. The molecule has 1 aromatic rings. The van der Waals surface area contributed by atoms with Gasteiger partial charge in [0.1, 0.15) is 5.82 Å². The number of rotatable bonds is 4. The predicted octanol–water partition coefficient (Wildman–Crippen LogP) is 1.68. The van der Waals surface area contributed by atoms with Crippen molar-refractivity contribution in [2.45, 2.75) is 38.3 Å². The minimum absolute atomic E-state index is 0.0230. The molecule has 1 atom stereocenters. The lowest BCUT2D eigenvalue weighted by atomic mass is 10.0. The summed E-state index contributed by atoms with van der Waals surface area (Å²) in [6.45, 7) is 3.05. The van der Waals surface area contributed by atoms with E-state index in [0.717, 1.165) is 0 Å². The van der Waals surface area contributed by atoms with Crippen LogP contribution in [0, 0.1) is 5.82 Å². The number of nitrogens with one attached hydrogen (secondary N) is 2. The van der Waals surface area contributed by atoms with E-state index in [1.807, 2.05) is 6.92 Å². The Kier molecular flexibility index (Phi) is 5.92. The van der Waals surface area contributed by atoms with Crippen LogP contribution < -0.4 is 16.4 Å². The lowest BCUT2D eigenvalue weighted by molar-refractivity contribution is -0.132. The third kappa shape index (κ3) is 5.52. The van der Waals surface area contributed by atoms with Crippen LogP contribution in [0.15, 0.2) is 24.3 Å². The second-order valence-electron chi connectivity index (χ2n) is 5.94. The molecule has 0 saturated carbocycles. The summed E-state index contributed by atoms with van der Waals surface area (Å²) in [5.41, 5.74) is 6.18. The van der Waals surface area contributed by atoms with Gasteiger partial charge in [0.05, 0.1) is 0 Å². The molecular formula is C16H23FN4O2. The zero-order valence-electron chi connectivity index (χ0n) is 13.2. The predicted molar refractivity (Wildman–Crippen MR) is 86.4 cm³/mol. The van der Waals surface area contributed by atoms with E-state index in [1.54, 1.807) is 4.90 Å². The van der Waals surface area contributed by atoms with E-state index >= 15 is 0 Å². The number of carbonyl (C=O) groups is 2. The van der Waals surface area contributed by atoms with Crippen molar-refractivity contribution in [2.75, 3.05) is 18.4 Å². The number of hydrogen-bond donors (Lipinski definition) is 3. The standard InChI is InChI=1S/C16H23FN4O2/c1-11(18)10-15(22)21-8-6-14(7-9-21)20-16(23)19-13-4-2-12(17)3-5-13/h2-5,11,14H,6-10,18H2,1H3,(H2,19,20,23). The maximum atomic E-state index is 12.8. The SMILES string of the molecule is CC(N)CC(=O)N1CCC(NC(=O)Nc2ccc(F)cc2)CC1. The Balaban J connectivity index is 1.74. The Morgan fingerprint density at radius 2 is 1.91 bits per heavy atom. The summed E-state index contributed by atoms with van der Waals surface area (Å²) >= 11 is 0. The summed E-state index contributed by atoms with van der Waals surface area (Å²) in [7, 11) is 0. The lowest BCUT2D eigenvalue weighted by Crippen LogP contribution is -2.48. The van der Waals surface area contributed by atoms with Crippen LogP contribution in [0.4, 0.5) is 14.9 Å². The number of halogens is 1. The molecule has 4 N–H and O–H groups in total. The van der Waals surface area contributed by atoms with Gasteiger partial charge in [0.15, 0.2) is 0 Å². The van der Waals surface area contributed by atoms with Gasteiger partial charge in [-0.2, -0.15) is 0 Å². The van der Waals surface area contributed by atoms with Gasteiger partial charge in [-0.1, -0.05) is 0 Å². The minimum atomic E-state index is -0.347. The molecule has 1 aliphatic heterocycles. The van der Waals surface area contributed by atoms with Crippen molar-refractivity contribution >= 4 is 17.6 Å². The van der Waals surface area contributed by atoms with E-state index in [4.69, 9.17) is 5.73 Å². The average molecular weight is 322 g/mol. The van der Waals surface area contributed by atoms with Crippen molar-refractivity contribution in [1.82, 2.24) is 10.2 Å². The molecular weight excluding hydrogens is 299 g/mol. The molecule has 6 nitrogen and oxygen atoms in total. The van der Waals surface area contributed by atoms with E-state index in [9.17, 15) is 14.0 Å². The number of nitrogens with zero attached hydrogens (tertiary/aromatic N) is 1. The van der Waals surface area contributed by atoms with Crippen LogP contribution in [0.2, 0.25) is 0 Å². The van der Waals surface area contributed by atoms with Crippen LogP contribution in [0.5, 0.6) is 0 Å². The third-order valence-corrected chi connectivity index (χ3v) is 3.78. The van der Waals surface area contributed by atoms with Crippen LogP contribution in [0.25, 0.3) is 0 Å². The van der Waals surface area contributed by atoms with Crippen LogP contribution in [0.1, 0.15) is 26.2 Å². The summed E-state index contributed by atoms with van der Waals surface area (Å²) in [5, 5.41) is 5.54. The quantitative estimate of drug-likeness (QED) is 0.788. The zero-order chi connectivity index (χ0) is 16.8. The summed E-state index contributed by atoms with van der Waals surface area (Å²) in [6.07, 6.45) is 1.77. The van der Waals surface area contributed by atoms with Gasteiger partial charge >= 0.3 is 6.03 Å². The molecule has 1 unspecified atom stereocenters. The van der Waals surface area contributed by atoms with Crippen molar-refractivity contribution in [3.63, 3.8) is 0 Å². The van der Waals surface area contributed by atoms with Crippen molar-refractivity contribution in [3.05, 3.63) is 30.1 Å². The van der Waals surface area contributed by atoms with Crippen LogP contribution >= 0.6 is 0 Å². The van der Waals surface area contributed by atoms with Gasteiger partial charge in [-0.25, -0.2) is 9.18 Å². The molecule has 2 rings (SSSR count). The Labute approximate surface area is 135 Å². The first kappa shape index (κ1) is 17.2.